The Morgan fingerprint density at radius 3 is 1.25 bits per heavy atom. The van der Waals surface area contributed by atoms with E-state index in [-0.39, 0.29) is 0 Å². The monoisotopic (exact) mass is 362 g/mol. The van der Waals surface area contributed by atoms with Crippen LogP contribution >= 0.6 is 0 Å². The van der Waals surface area contributed by atoms with Crippen LogP contribution in [0, 0.1) is 0 Å². The van der Waals surface area contributed by atoms with Gasteiger partial charge in [0, 0.05) is 11.4 Å². The summed E-state index contributed by atoms with van der Waals surface area (Å²) in [6.07, 6.45) is 8.54. The fourth-order valence-electron chi connectivity index (χ4n) is 3.15. The molecule has 0 spiro atoms. The maximum absolute atomic E-state index is 5.78. The lowest BCUT2D eigenvalue weighted by Gasteiger charge is -2.06. The number of nitrogen functional groups attached to an aromatic ring is 2. The summed E-state index contributed by atoms with van der Waals surface area (Å²) in [6, 6.07) is 28.7. The Hall–Kier alpha value is -3.78. The average molecular weight is 362 g/mol. The summed E-state index contributed by atoms with van der Waals surface area (Å²) in [6.45, 7) is 0. The van der Waals surface area contributed by atoms with Gasteiger partial charge in [0.1, 0.15) is 0 Å². The van der Waals surface area contributed by atoms with Gasteiger partial charge in [-0.15, -0.1) is 0 Å². The molecule has 0 radical (unpaired) electrons. The number of benzene rings is 4. The largest absolute Gasteiger partial charge is 0.399 e. The molecule has 0 saturated carbocycles. The van der Waals surface area contributed by atoms with Crippen LogP contribution in [0.5, 0.6) is 0 Å². The van der Waals surface area contributed by atoms with Crippen molar-refractivity contribution in [1.29, 1.82) is 0 Å². The number of anilines is 2. The number of hydrogen-bond acceptors (Lipinski definition) is 2. The Morgan fingerprint density at radius 1 is 0.464 bits per heavy atom. The van der Waals surface area contributed by atoms with Crippen LogP contribution in [0.1, 0.15) is 22.3 Å². The quantitative estimate of drug-likeness (QED) is 0.328. The highest BCUT2D eigenvalue weighted by molar-refractivity contribution is 5.91. The van der Waals surface area contributed by atoms with E-state index in [2.05, 4.69) is 60.7 Å². The molecule has 4 aromatic rings. The zero-order chi connectivity index (χ0) is 19.3. The second-order valence-electron chi connectivity index (χ2n) is 6.83. The first kappa shape index (κ1) is 17.6. The van der Waals surface area contributed by atoms with Gasteiger partial charge in [0.05, 0.1) is 0 Å². The molecule has 0 heterocycles. The van der Waals surface area contributed by atoms with Gasteiger partial charge in [0.15, 0.2) is 0 Å². The molecule has 0 aromatic heterocycles. The van der Waals surface area contributed by atoms with Crippen molar-refractivity contribution in [2.45, 2.75) is 0 Å². The lowest BCUT2D eigenvalue weighted by Crippen LogP contribution is -1.85. The van der Waals surface area contributed by atoms with Gasteiger partial charge < -0.3 is 11.5 Å². The van der Waals surface area contributed by atoms with Gasteiger partial charge in [-0.2, -0.15) is 0 Å². The molecule has 0 atom stereocenters. The number of rotatable bonds is 4. The summed E-state index contributed by atoms with van der Waals surface area (Å²) >= 11 is 0. The van der Waals surface area contributed by atoms with E-state index in [1.54, 1.807) is 0 Å². The van der Waals surface area contributed by atoms with Gasteiger partial charge >= 0.3 is 0 Å². The van der Waals surface area contributed by atoms with Crippen LogP contribution in [0.4, 0.5) is 11.4 Å². The molecule has 0 aliphatic carbocycles. The van der Waals surface area contributed by atoms with Crippen LogP contribution in [-0.4, -0.2) is 0 Å². The zero-order valence-electron chi connectivity index (χ0n) is 15.5. The van der Waals surface area contributed by atoms with E-state index in [9.17, 15) is 0 Å². The Bertz CT molecular complexity index is 1060. The van der Waals surface area contributed by atoms with E-state index >= 15 is 0 Å². The van der Waals surface area contributed by atoms with E-state index in [0.717, 1.165) is 22.5 Å². The molecule has 4 aromatic carbocycles. The lowest BCUT2D eigenvalue weighted by molar-refractivity contribution is 1.63. The summed E-state index contributed by atoms with van der Waals surface area (Å²) in [5.41, 5.74) is 17.7. The fraction of sp³-hybridized carbons (Fsp3) is 0. The number of hydrogen-bond donors (Lipinski definition) is 2. The van der Waals surface area contributed by atoms with Crippen LogP contribution in [0.3, 0.4) is 0 Å². The van der Waals surface area contributed by atoms with Gasteiger partial charge in [0.25, 0.3) is 0 Å². The highest BCUT2D eigenvalue weighted by Gasteiger charge is 2.01. The molecule has 0 saturated heterocycles. The van der Waals surface area contributed by atoms with Crippen LogP contribution in [0.2, 0.25) is 0 Å². The molecular weight excluding hydrogens is 340 g/mol. The third-order valence-corrected chi connectivity index (χ3v) is 4.73. The normalized spacial score (nSPS) is 11.6. The summed E-state index contributed by atoms with van der Waals surface area (Å²) in [5, 5.41) is 2.45. The number of fused-ring (bicyclic) bond motifs is 1. The minimum atomic E-state index is 0.773. The average Bonchev–Trinajstić information content (AvgIpc) is 2.72. The smallest absolute Gasteiger partial charge is 0.0314 e. The van der Waals surface area contributed by atoms with Crippen molar-refractivity contribution in [2.75, 3.05) is 11.5 Å². The Kier molecular flexibility index (Phi) is 4.94. The predicted octanol–water partition coefficient (Wildman–Crippen LogP) is 6.35. The molecule has 4 N–H and O–H groups in total. The molecular formula is C26H22N2. The second kappa shape index (κ2) is 7.85. The van der Waals surface area contributed by atoms with Crippen molar-refractivity contribution in [3.63, 3.8) is 0 Å². The van der Waals surface area contributed by atoms with Crippen LogP contribution in [-0.2, 0) is 0 Å². The first-order valence-corrected chi connectivity index (χ1v) is 9.27. The third kappa shape index (κ3) is 4.13. The Balaban J connectivity index is 1.73. The van der Waals surface area contributed by atoms with Crippen molar-refractivity contribution in [2.24, 2.45) is 0 Å². The highest BCUT2D eigenvalue weighted by Crippen LogP contribution is 2.24. The SMILES string of the molecule is Nc1ccc(/C=C/c2cc3ccccc3cc2/C=C/c2ccc(N)cc2)cc1. The maximum atomic E-state index is 5.78. The highest BCUT2D eigenvalue weighted by atomic mass is 14.5. The first-order chi connectivity index (χ1) is 13.7. The minimum Gasteiger partial charge on any atom is -0.399 e. The second-order valence-corrected chi connectivity index (χ2v) is 6.83. The van der Waals surface area contributed by atoms with E-state index in [1.165, 1.54) is 21.9 Å². The van der Waals surface area contributed by atoms with Gasteiger partial charge in [0.2, 0.25) is 0 Å². The molecule has 0 fully saturated rings. The van der Waals surface area contributed by atoms with E-state index in [0.29, 0.717) is 0 Å². The third-order valence-electron chi connectivity index (χ3n) is 4.73. The maximum Gasteiger partial charge on any atom is 0.0314 e. The number of nitrogens with two attached hydrogens (primary N) is 2. The summed E-state index contributed by atoms with van der Waals surface area (Å²) in [7, 11) is 0. The molecule has 0 unspecified atom stereocenters. The summed E-state index contributed by atoms with van der Waals surface area (Å²) in [4.78, 5) is 0. The Morgan fingerprint density at radius 2 is 0.857 bits per heavy atom. The Labute approximate surface area is 165 Å². The standard InChI is InChI=1S/C26H22N2/c27-25-13-7-19(8-14-25)5-11-23-17-21-3-1-2-4-22(21)18-24(23)12-6-20-9-15-26(28)16-10-20/h1-18H,27-28H2/b11-5+,12-6+. The van der Waals surface area contributed by atoms with Crippen LogP contribution < -0.4 is 11.5 Å². The van der Waals surface area contributed by atoms with Crippen LogP contribution in [0.15, 0.2) is 84.9 Å². The molecule has 0 aliphatic rings. The minimum absolute atomic E-state index is 0.773. The molecule has 0 bridgehead atoms. The van der Waals surface area contributed by atoms with Gasteiger partial charge in [-0.3, -0.25) is 0 Å². The molecule has 2 heteroatoms. The van der Waals surface area contributed by atoms with Gasteiger partial charge in [-0.05, 0) is 69.4 Å². The molecule has 0 aliphatic heterocycles. The van der Waals surface area contributed by atoms with Gasteiger partial charge in [-0.1, -0.05) is 72.8 Å². The summed E-state index contributed by atoms with van der Waals surface area (Å²) in [5.74, 6) is 0. The van der Waals surface area contributed by atoms with E-state index in [4.69, 9.17) is 11.5 Å². The first-order valence-electron chi connectivity index (χ1n) is 9.27. The van der Waals surface area contributed by atoms with Crippen molar-refractivity contribution in [3.05, 3.63) is 107 Å². The summed E-state index contributed by atoms with van der Waals surface area (Å²) < 4.78 is 0. The van der Waals surface area contributed by atoms with Crippen molar-refractivity contribution in [3.8, 4) is 0 Å². The van der Waals surface area contributed by atoms with Crippen molar-refractivity contribution in [1.82, 2.24) is 0 Å². The lowest BCUT2D eigenvalue weighted by atomic mass is 9.99. The molecule has 0 amide bonds. The van der Waals surface area contributed by atoms with Crippen molar-refractivity contribution < 1.29 is 0 Å². The topological polar surface area (TPSA) is 52.0 Å². The zero-order valence-corrected chi connectivity index (χ0v) is 15.5. The molecule has 2 nitrogen and oxygen atoms in total. The van der Waals surface area contributed by atoms with Crippen molar-refractivity contribution >= 4 is 46.5 Å². The predicted molar refractivity (Wildman–Crippen MR) is 124 cm³/mol. The molecule has 136 valence electrons. The van der Waals surface area contributed by atoms with E-state index in [1.807, 2.05) is 48.5 Å². The van der Waals surface area contributed by atoms with Gasteiger partial charge in [-0.25, -0.2) is 0 Å². The molecule has 28 heavy (non-hydrogen) atoms. The van der Waals surface area contributed by atoms with E-state index < -0.39 is 0 Å². The van der Waals surface area contributed by atoms with Crippen LogP contribution in [0.25, 0.3) is 35.1 Å². The molecule has 4 rings (SSSR count). The fourth-order valence-corrected chi connectivity index (χ4v) is 3.15.